The van der Waals surface area contributed by atoms with Crippen molar-refractivity contribution >= 4 is 19.5 Å². The van der Waals surface area contributed by atoms with Gasteiger partial charge in [-0.25, -0.2) is 0 Å². The summed E-state index contributed by atoms with van der Waals surface area (Å²) in [6, 6.07) is 0. The van der Waals surface area contributed by atoms with Gasteiger partial charge in [-0.2, -0.15) is 0 Å². The van der Waals surface area contributed by atoms with E-state index in [1.807, 2.05) is 0 Å². The first-order chi connectivity index (χ1) is 26.9. The van der Waals surface area contributed by atoms with E-state index in [4.69, 9.17) is 14.0 Å². The lowest BCUT2D eigenvalue weighted by Gasteiger charge is -2.39. The van der Waals surface area contributed by atoms with Gasteiger partial charge in [-0.05, 0) is 38.5 Å². The van der Waals surface area contributed by atoms with Gasteiger partial charge in [-0.15, -0.1) is 0 Å². The molecule has 10 nitrogen and oxygen atoms in total. The molecule has 11 heteroatoms. The lowest BCUT2D eigenvalue weighted by Crippen LogP contribution is -2.50. The highest BCUT2D eigenvalue weighted by Gasteiger charge is 2.44. The van der Waals surface area contributed by atoms with Crippen molar-refractivity contribution in [3.63, 3.8) is 0 Å². The van der Waals surface area contributed by atoms with Crippen molar-refractivity contribution in [2.75, 3.05) is 33.9 Å². The van der Waals surface area contributed by atoms with Crippen LogP contribution in [0.25, 0.3) is 0 Å². The maximum Gasteiger partial charge on any atom is 0.385 e. The molecule has 0 rings (SSSR count). The molecule has 332 valence electrons. The molecule has 0 aromatic heterocycles. The summed E-state index contributed by atoms with van der Waals surface area (Å²) in [5.74, 6) is -1.69. The lowest BCUT2D eigenvalue weighted by molar-refractivity contribution is -0.903. The summed E-state index contributed by atoms with van der Waals surface area (Å²) in [5, 5.41) is 18.7. The van der Waals surface area contributed by atoms with Crippen molar-refractivity contribution < 1.29 is 47.7 Å². The second-order valence-corrected chi connectivity index (χ2v) is 18.6. The molecule has 0 saturated heterocycles. The van der Waals surface area contributed by atoms with E-state index in [2.05, 4.69) is 26.0 Å². The number of unbranched alkanes of at least 4 members (excludes halogenated alkanes) is 23. The van der Waals surface area contributed by atoms with Crippen molar-refractivity contribution in [3.8, 4) is 0 Å². The fourth-order valence-corrected chi connectivity index (χ4v) is 9.16. The number of quaternary nitrogens is 1. The minimum atomic E-state index is -4.26. The molecular formula is C45H89NO9P+. The van der Waals surface area contributed by atoms with Crippen molar-refractivity contribution in [1.29, 1.82) is 0 Å². The van der Waals surface area contributed by atoms with Crippen LogP contribution in [0.3, 0.4) is 0 Å². The third kappa shape index (κ3) is 32.6. The number of hydrogen-bond donors (Lipinski definition) is 3. The van der Waals surface area contributed by atoms with Gasteiger partial charge in [0.2, 0.25) is 0 Å². The SMILES string of the molecule is CCCCCCCCC/C=C\CCCCC(=O)O[C@H](COC(=O)CCCCCCCCCCCCCCCCC)COP(=O)(O)C(CC)[N+](C)(C)CCC(O)O. The first-order valence-electron chi connectivity index (χ1n) is 23.0. The Hall–Kier alpha value is -1.29. The Bertz CT molecular complexity index is 1010. The van der Waals surface area contributed by atoms with Gasteiger partial charge < -0.3 is 33.6 Å². The summed E-state index contributed by atoms with van der Waals surface area (Å²) in [6.07, 6.45) is 33.8. The number of hydrogen-bond acceptors (Lipinski definition) is 8. The summed E-state index contributed by atoms with van der Waals surface area (Å²) < 4.78 is 30.2. The quantitative estimate of drug-likeness (QED) is 0.0137. The summed E-state index contributed by atoms with van der Waals surface area (Å²) in [4.78, 5) is 36.5. The predicted molar refractivity (Wildman–Crippen MR) is 230 cm³/mol. The average molecular weight is 819 g/mol. The van der Waals surface area contributed by atoms with E-state index in [1.54, 1.807) is 21.0 Å². The Labute approximate surface area is 344 Å². The van der Waals surface area contributed by atoms with Gasteiger partial charge in [0.15, 0.2) is 18.2 Å². The third-order valence-corrected chi connectivity index (χ3v) is 13.1. The second-order valence-electron chi connectivity index (χ2n) is 16.6. The van der Waals surface area contributed by atoms with Gasteiger partial charge in [-0.3, -0.25) is 14.2 Å². The number of esters is 2. The number of rotatable bonds is 41. The molecule has 0 bridgehead atoms. The minimum Gasteiger partial charge on any atom is -0.462 e. The topological polar surface area (TPSA) is 140 Å². The van der Waals surface area contributed by atoms with Gasteiger partial charge >= 0.3 is 19.5 Å². The van der Waals surface area contributed by atoms with Crippen LogP contribution < -0.4 is 0 Å². The van der Waals surface area contributed by atoms with Crippen LogP contribution in [0.1, 0.15) is 213 Å². The van der Waals surface area contributed by atoms with E-state index < -0.39 is 38.3 Å². The van der Waals surface area contributed by atoms with Crippen LogP contribution >= 0.6 is 7.60 Å². The van der Waals surface area contributed by atoms with E-state index in [1.165, 1.54) is 122 Å². The number of aliphatic hydroxyl groups excluding tert-OH is 1. The van der Waals surface area contributed by atoms with Crippen molar-refractivity contribution in [2.24, 2.45) is 0 Å². The number of nitrogens with zero attached hydrogens (tertiary/aromatic N) is 1. The molecule has 0 aromatic rings. The molecule has 0 aromatic carbocycles. The number of allylic oxidation sites excluding steroid dienone is 2. The highest BCUT2D eigenvalue weighted by molar-refractivity contribution is 7.53. The first-order valence-corrected chi connectivity index (χ1v) is 24.7. The van der Waals surface area contributed by atoms with Crippen molar-refractivity contribution in [2.45, 2.75) is 232 Å². The number of carbonyl (C=O) groups excluding carboxylic acids is 2. The van der Waals surface area contributed by atoms with Crippen molar-refractivity contribution in [3.05, 3.63) is 12.2 Å². The molecule has 0 aliphatic rings. The smallest absolute Gasteiger partial charge is 0.385 e. The van der Waals surface area contributed by atoms with Gasteiger partial charge in [0, 0.05) is 25.7 Å². The average Bonchev–Trinajstić information content (AvgIpc) is 3.15. The maximum absolute atomic E-state index is 13.5. The fourth-order valence-electron chi connectivity index (χ4n) is 7.24. The molecule has 3 atom stereocenters. The summed E-state index contributed by atoms with van der Waals surface area (Å²) in [7, 11) is -0.775. The molecule has 0 fully saturated rings. The molecule has 2 unspecified atom stereocenters. The van der Waals surface area contributed by atoms with Crippen LogP contribution in [0.5, 0.6) is 0 Å². The molecular weight excluding hydrogens is 729 g/mol. The molecule has 0 amide bonds. The third-order valence-electron chi connectivity index (χ3n) is 10.8. The Morgan fingerprint density at radius 2 is 1.02 bits per heavy atom. The van der Waals surface area contributed by atoms with Gasteiger partial charge in [0.05, 0.1) is 27.2 Å². The summed E-state index contributed by atoms with van der Waals surface area (Å²) >= 11 is 0. The second kappa shape index (κ2) is 36.8. The zero-order valence-electron chi connectivity index (χ0n) is 36.9. The lowest BCUT2D eigenvalue weighted by atomic mass is 10.0. The Balaban J connectivity index is 4.74. The highest BCUT2D eigenvalue weighted by atomic mass is 31.2. The Morgan fingerprint density at radius 3 is 1.48 bits per heavy atom. The number of carbonyl (C=O) groups is 2. The van der Waals surface area contributed by atoms with E-state index >= 15 is 0 Å². The van der Waals surface area contributed by atoms with Crippen LogP contribution in [0.2, 0.25) is 0 Å². The molecule has 3 N–H and O–H groups in total. The van der Waals surface area contributed by atoms with E-state index in [9.17, 15) is 29.3 Å². The molecule has 0 aliphatic heterocycles. The van der Waals surface area contributed by atoms with E-state index in [0.717, 1.165) is 38.5 Å². The molecule has 0 saturated carbocycles. The largest absolute Gasteiger partial charge is 0.462 e. The monoisotopic (exact) mass is 819 g/mol. The Kier molecular flexibility index (Phi) is 35.9. The predicted octanol–water partition coefficient (Wildman–Crippen LogP) is 11.7. The molecule has 0 aliphatic carbocycles. The van der Waals surface area contributed by atoms with Crippen LogP contribution in [0.15, 0.2) is 12.2 Å². The zero-order valence-corrected chi connectivity index (χ0v) is 37.8. The molecule has 0 radical (unpaired) electrons. The first kappa shape index (κ1) is 54.7. The van der Waals surface area contributed by atoms with Gasteiger partial charge in [-0.1, -0.05) is 161 Å². The zero-order chi connectivity index (χ0) is 41.8. The Morgan fingerprint density at radius 1 is 0.607 bits per heavy atom. The van der Waals surface area contributed by atoms with Crippen LogP contribution in [-0.4, -0.2) is 83.6 Å². The standard InChI is InChI=1S/C45H88NO9P/c1-6-9-11-13-15-17-19-21-22-24-25-27-29-31-33-35-44(49)53-39-41(40-54-56(51,52)42(8-3)46(4,5)38-37-43(47)48)55-45(50)36-34-32-30-28-26-23-20-18-16-14-12-10-7-2/h26,28,41-43,47-48H,6-25,27,29-40H2,1-5H3/p+1/b28-26-/t41-,42?/m1/s1. The summed E-state index contributed by atoms with van der Waals surface area (Å²) in [6.45, 7) is 5.86. The molecule has 0 spiro atoms. The number of ether oxygens (including phenoxy) is 2. The highest BCUT2D eigenvalue weighted by Crippen LogP contribution is 2.52. The number of aliphatic hydroxyl groups is 2. The normalized spacial score (nSPS) is 14.3. The van der Waals surface area contributed by atoms with Crippen LogP contribution in [0, 0.1) is 0 Å². The van der Waals surface area contributed by atoms with E-state index in [-0.39, 0.29) is 42.9 Å². The fraction of sp³-hybridized carbons (Fsp3) is 0.911. The van der Waals surface area contributed by atoms with Crippen molar-refractivity contribution in [1.82, 2.24) is 0 Å². The minimum absolute atomic E-state index is 0.0357. The van der Waals surface area contributed by atoms with Gasteiger partial charge in [0.25, 0.3) is 0 Å². The van der Waals surface area contributed by atoms with Crippen LogP contribution in [-0.2, 0) is 28.2 Å². The molecule has 0 heterocycles. The summed E-state index contributed by atoms with van der Waals surface area (Å²) in [5.41, 5.74) is 0. The maximum atomic E-state index is 13.5. The molecule has 56 heavy (non-hydrogen) atoms. The van der Waals surface area contributed by atoms with Crippen LogP contribution in [0.4, 0.5) is 0 Å². The van der Waals surface area contributed by atoms with Gasteiger partial charge in [0.1, 0.15) is 6.61 Å². The van der Waals surface area contributed by atoms with E-state index in [0.29, 0.717) is 12.8 Å².